The van der Waals surface area contributed by atoms with E-state index in [9.17, 15) is 4.79 Å². The van der Waals surface area contributed by atoms with Crippen LogP contribution in [0.5, 0.6) is 0 Å². The minimum atomic E-state index is -0.0696. The van der Waals surface area contributed by atoms with Crippen LogP contribution in [0.4, 0.5) is 0 Å². The van der Waals surface area contributed by atoms with Crippen molar-refractivity contribution < 1.29 is 9.53 Å². The highest BCUT2D eigenvalue weighted by Crippen LogP contribution is 2.32. The summed E-state index contributed by atoms with van der Waals surface area (Å²) in [6, 6.07) is 7.92. The number of nitrogens with zero attached hydrogens (tertiary/aromatic N) is 2. The maximum absolute atomic E-state index is 12.8. The summed E-state index contributed by atoms with van der Waals surface area (Å²) in [6.07, 6.45) is 8.66. The fourth-order valence-corrected chi connectivity index (χ4v) is 4.19. The normalized spacial score (nSPS) is 23.1. The lowest BCUT2D eigenvalue weighted by molar-refractivity contribution is 0.0913. The van der Waals surface area contributed by atoms with E-state index in [1.165, 1.54) is 5.70 Å². The standard InChI is InChI=1S/C22H26N2O2/c1-16-20(15-17-7-3-4-8-18(17)22(16)25)24-13-11-23(12-14-24)19-9-5-6-10-21(19)26-2/h3-5,7-9,15-16H,6,10-14H2,1-2H3. The molecule has 1 saturated heterocycles. The third-order valence-electron chi connectivity index (χ3n) is 5.70. The molecule has 1 unspecified atom stereocenters. The molecule has 26 heavy (non-hydrogen) atoms. The molecule has 4 heteroatoms. The van der Waals surface area contributed by atoms with Gasteiger partial charge < -0.3 is 14.5 Å². The Balaban J connectivity index is 1.52. The Hall–Kier alpha value is -2.49. The minimum absolute atomic E-state index is 0.0696. The summed E-state index contributed by atoms with van der Waals surface area (Å²) >= 11 is 0. The van der Waals surface area contributed by atoms with Gasteiger partial charge in [-0.3, -0.25) is 4.79 Å². The number of Topliss-reactive ketones (excluding diaryl/α,β-unsaturated/α-hetero) is 1. The Morgan fingerprint density at radius 1 is 1.08 bits per heavy atom. The molecule has 0 bridgehead atoms. The lowest BCUT2D eigenvalue weighted by Gasteiger charge is -2.41. The Labute approximate surface area is 155 Å². The van der Waals surface area contributed by atoms with Gasteiger partial charge in [0.1, 0.15) is 5.76 Å². The van der Waals surface area contributed by atoms with E-state index in [1.54, 1.807) is 7.11 Å². The fraction of sp³-hybridized carbons (Fsp3) is 0.409. The maximum atomic E-state index is 12.8. The number of fused-ring (bicyclic) bond motifs is 1. The summed E-state index contributed by atoms with van der Waals surface area (Å²) in [5.74, 6) is 1.26. The van der Waals surface area contributed by atoms with Crippen molar-refractivity contribution in [2.24, 2.45) is 5.92 Å². The molecule has 0 spiro atoms. The van der Waals surface area contributed by atoms with Gasteiger partial charge in [0.05, 0.1) is 18.7 Å². The van der Waals surface area contributed by atoms with Crippen LogP contribution < -0.4 is 0 Å². The highest BCUT2D eigenvalue weighted by molar-refractivity contribution is 6.05. The zero-order chi connectivity index (χ0) is 18.1. The number of carbonyl (C=O) groups is 1. The van der Waals surface area contributed by atoms with Crippen molar-refractivity contribution in [2.45, 2.75) is 19.8 Å². The van der Waals surface area contributed by atoms with Crippen LogP contribution in [0.15, 0.2) is 53.6 Å². The molecule has 1 heterocycles. The molecule has 1 atom stereocenters. The van der Waals surface area contributed by atoms with Crippen LogP contribution >= 0.6 is 0 Å². The highest BCUT2D eigenvalue weighted by Gasteiger charge is 2.31. The average molecular weight is 350 g/mol. The number of methoxy groups -OCH3 is 1. The third-order valence-corrected chi connectivity index (χ3v) is 5.70. The van der Waals surface area contributed by atoms with E-state index in [4.69, 9.17) is 4.74 Å². The first-order valence-electron chi connectivity index (χ1n) is 9.47. The van der Waals surface area contributed by atoms with Gasteiger partial charge in [0.15, 0.2) is 5.78 Å². The van der Waals surface area contributed by atoms with Crippen LogP contribution in [-0.4, -0.2) is 48.9 Å². The largest absolute Gasteiger partial charge is 0.499 e. The number of ether oxygens (including phenoxy) is 1. The molecule has 0 aromatic heterocycles. The van der Waals surface area contributed by atoms with Crippen molar-refractivity contribution in [3.8, 4) is 0 Å². The molecule has 0 N–H and O–H groups in total. The van der Waals surface area contributed by atoms with Gasteiger partial charge in [0, 0.05) is 43.9 Å². The van der Waals surface area contributed by atoms with Gasteiger partial charge in [0.2, 0.25) is 0 Å². The number of rotatable bonds is 3. The number of ketones is 1. The molecule has 1 aliphatic heterocycles. The van der Waals surface area contributed by atoms with Crippen molar-refractivity contribution >= 4 is 11.9 Å². The molecule has 3 aliphatic rings. The number of allylic oxidation sites excluding steroid dienone is 4. The first-order chi connectivity index (χ1) is 12.7. The smallest absolute Gasteiger partial charge is 0.172 e. The first kappa shape index (κ1) is 17.0. The lowest BCUT2D eigenvalue weighted by Crippen LogP contribution is -2.47. The molecule has 0 amide bonds. The number of carbonyl (C=O) groups excluding carboxylic acids is 1. The zero-order valence-corrected chi connectivity index (χ0v) is 15.6. The molecule has 0 saturated carbocycles. The molecule has 1 aromatic carbocycles. The second-order valence-electron chi connectivity index (χ2n) is 7.17. The minimum Gasteiger partial charge on any atom is -0.499 e. The van der Waals surface area contributed by atoms with Gasteiger partial charge in [-0.25, -0.2) is 0 Å². The van der Waals surface area contributed by atoms with Gasteiger partial charge in [-0.2, -0.15) is 0 Å². The summed E-state index contributed by atoms with van der Waals surface area (Å²) < 4.78 is 5.59. The van der Waals surface area contributed by atoms with Crippen molar-refractivity contribution in [3.05, 3.63) is 64.7 Å². The Kier molecular flexibility index (Phi) is 4.58. The van der Waals surface area contributed by atoms with Crippen LogP contribution in [0.3, 0.4) is 0 Å². The van der Waals surface area contributed by atoms with Crippen LogP contribution in [0.2, 0.25) is 0 Å². The van der Waals surface area contributed by atoms with Crippen molar-refractivity contribution in [1.82, 2.24) is 9.80 Å². The van der Waals surface area contributed by atoms with Gasteiger partial charge >= 0.3 is 0 Å². The van der Waals surface area contributed by atoms with E-state index in [0.29, 0.717) is 0 Å². The van der Waals surface area contributed by atoms with E-state index in [1.807, 2.05) is 31.2 Å². The molecule has 4 nitrogen and oxygen atoms in total. The Morgan fingerprint density at radius 3 is 2.58 bits per heavy atom. The molecule has 1 aromatic rings. The van der Waals surface area contributed by atoms with E-state index < -0.39 is 0 Å². The van der Waals surface area contributed by atoms with Crippen LogP contribution in [0, 0.1) is 5.92 Å². The fourth-order valence-electron chi connectivity index (χ4n) is 4.19. The first-order valence-corrected chi connectivity index (χ1v) is 9.47. The van der Waals surface area contributed by atoms with E-state index in [-0.39, 0.29) is 11.7 Å². The molecule has 4 rings (SSSR count). The van der Waals surface area contributed by atoms with Crippen molar-refractivity contribution in [3.63, 3.8) is 0 Å². The summed E-state index contributed by atoms with van der Waals surface area (Å²) in [5.41, 5.74) is 4.29. The molecule has 0 radical (unpaired) electrons. The topological polar surface area (TPSA) is 32.8 Å². The summed E-state index contributed by atoms with van der Waals surface area (Å²) in [5, 5.41) is 0. The molecular formula is C22H26N2O2. The van der Waals surface area contributed by atoms with Gasteiger partial charge in [-0.15, -0.1) is 0 Å². The summed E-state index contributed by atoms with van der Waals surface area (Å²) in [4.78, 5) is 17.5. The number of benzene rings is 1. The van der Waals surface area contributed by atoms with Crippen LogP contribution in [0.1, 0.15) is 35.7 Å². The highest BCUT2D eigenvalue weighted by atomic mass is 16.5. The second kappa shape index (κ2) is 7.02. The van der Waals surface area contributed by atoms with E-state index in [0.717, 1.165) is 61.6 Å². The third kappa shape index (κ3) is 2.94. The van der Waals surface area contributed by atoms with Gasteiger partial charge in [-0.05, 0) is 31.1 Å². The predicted molar refractivity (Wildman–Crippen MR) is 103 cm³/mol. The molecular weight excluding hydrogens is 324 g/mol. The quantitative estimate of drug-likeness (QED) is 0.832. The summed E-state index contributed by atoms with van der Waals surface area (Å²) in [6.45, 7) is 5.80. The predicted octanol–water partition coefficient (Wildman–Crippen LogP) is 3.69. The van der Waals surface area contributed by atoms with Crippen molar-refractivity contribution in [2.75, 3.05) is 33.3 Å². The maximum Gasteiger partial charge on any atom is 0.172 e. The van der Waals surface area contributed by atoms with Crippen LogP contribution in [-0.2, 0) is 4.74 Å². The van der Waals surface area contributed by atoms with Gasteiger partial charge in [-0.1, -0.05) is 30.3 Å². The monoisotopic (exact) mass is 350 g/mol. The molecule has 136 valence electrons. The number of hydrogen-bond donors (Lipinski definition) is 0. The van der Waals surface area contributed by atoms with Crippen molar-refractivity contribution in [1.29, 1.82) is 0 Å². The number of piperazine rings is 1. The summed E-state index contributed by atoms with van der Waals surface area (Å²) in [7, 11) is 1.77. The SMILES string of the molecule is COC1=C(N2CCN(C3=Cc4ccccc4C(=O)C3C)CC2)C=CCC1. The van der Waals surface area contributed by atoms with Gasteiger partial charge in [0.25, 0.3) is 0 Å². The zero-order valence-electron chi connectivity index (χ0n) is 15.6. The van der Waals surface area contributed by atoms with E-state index >= 15 is 0 Å². The van der Waals surface area contributed by atoms with E-state index in [2.05, 4.69) is 28.0 Å². The van der Waals surface area contributed by atoms with Crippen LogP contribution in [0.25, 0.3) is 6.08 Å². The Bertz CT molecular complexity index is 798. The second-order valence-corrected chi connectivity index (χ2v) is 7.17. The average Bonchev–Trinajstić information content (AvgIpc) is 2.71. The Morgan fingerprint density at radius 2 is 1.81 bits per heavy atom. The molecule has 2 aliphatic carbocycles. The lowest BCUT2D eigenvalue weighted by atomic mass is 9.86. The number of hydrogen-bond acceptors (Lipinski definition) is 4. The molecule has 1 fully saturated rings.